The summed E-state index contributed by atoms with van der Waals surface area (Å²) in [6.07, 6.45) is 3.03. The summed E-state index contributed by atoms with van der Waals surface area (Å²) in [5.41, 5.74) is 6.25. The van der Waals surface area contributed by atoms with Gasteiger partial charge in [-0.3, -0.25) is 9.69 Å². The molecule has 1 saturated heterocycles. The normalized spacial score (nSPS) is 29.9. The third-order valence-electron chi connectivity index (χ3n) is 6.79. The third kappa shape index (κ3) is 3.02. The number of halogens is 3. The number of nitrogens with one attached hydrogen (secondary N) is 1. The molecule has 0 unspecified atom stereocenters. The van der Waals surface area contributed by atoms with Crippen LogP contribution in [0.4, 0.5) is 10.2 Å². The standard InChI is InChI=1S/C22H21Cl2FN4O2/c23-14-3-1-2-12(18(14)25)17-19(26)15(8-9-30)29(10-11-4-5-11)22(17)13-6-7-16(24)27-20(13)28-21(22)31/h1-3,6-7,9,11,15,17,19H,4-5,8,10,26H2,(H,27,28,31)/t15-,17-,19+,22+/m0/s1. The summed E-state index contributed by atoms with van der Waals surface area (Å²) in [4.78, 5) is 31.6. The number of carbonyl (C=O) groups excluding carboxylic acids is 2. The number of nitrogens with zero attached hydrogens (tertiary/aromatic N) is 2. The summed E-state index contributed by atoms with van der Waals surface area (Å²) in [5.74, 6) is -0.974. The molecule has 0 radical (unpaired) electrons. The van der Waals surface area contributed by atoms with Gasteiger partial charge in [-0.25, -0.2) is 9.37 Å². The second kappa shape index (κ2) is 7.52. The third-order valence-corrected chi connectivity index (χ3v) is 7.29. The molecule has 1 amide bonds. The van der Waals surface area contributed by atoms with Crippen molar-refractivity contribution >= 4 is 41.2 Å². The van der Waals surface area contributed by atoms with Gasteiger partial charge in [-0.2, -0.15) is 0 Å². The lowest BCUT2D eigenvalue weighted by atomic mass is 9.74. The van der Waals surface area contributed by atoms with Crippen molar-refractivity contribution in [2.75, 3.05) is 11.9 Å². The number of benzene rings is 1. The van der Waals surface area contributed by atoms with E-state index >= 15 is 4.39 Å². The van der Waals surface area contributed by atoms with Gasteiger partial charge in [0.15, 0.2) is 0 Å². The van der Waals surface area contributed by atoms with Crippen LogP contribution in [0, 0.1) is 11.7 Å². The quantitative estimate of drug-likeness (QED) is 0.524. The fourth-order valence-electron chi connectivity index (χ4n) is 5.34. The molecule has 3 aliphatic rings. The van der Waals surface area contributed by atoms with E-state index in [9.17, 15) is 9.59 Å². The maximum absolute atomic E-state index is 15.3. The number of rotatable bonds is 5. The number of carbonyl (C=O) groups is 2. The molecule has 3 heterocycles. The summed E-state index contributed by atoms with van der Waals surface area (Å²) in [6, 6.07) is 6.96. The van der Waals surface area contributed by atoms with Crippen molar-refractivity contribution in [2.45, 2.75) is 42.8 Å². The minimum Gasteiger partial charge on any atom is -0.326 e. The highest BCUT2D eigenvalue weighted by Crippen LogP contribution is 2.58. The van der Waals surface area contributed by atoms with Crippen LogP contribution in [0.5, 0.6) is 0 Å². The molecule has 1 saturated carbocycles. The minimum absolute atomic E-state index is 0.0414. The Morgan fingerprint density at radius 2 is 2.06 bits per heavy atom. The number of aromatic nitrogens is 1. The monoisotopic (exact) mass is 462 g/mol. The molecule has 1 aromatic heterocycles. The van der Waals surface area contributed by atoms with Gasteiger partial charge in [0, 0.05) is 36.5 Å². The smallest absolute Gasteiger partial charge is 0.251 e. The van der Waals surface area contributed by atoms with Crippen molar-refractivity contribution in [3.8, 4) is 0 Å². The topological polar surface area (TPSA) is 88.3 Å². The van der Waals surface area contributed by atoms with E-state index in [1.165, 1.54) is 6.07 Å². The van der Waals surface area contributed by atoms with E-state index < -0.39 is 29.4 Å². The van der Waals surface area contributed by atoms with Crippen LogP contribution >= 0.6 is 23.2 Å². The molecule has 0 bridgehead atoms. The Hall–Kier alpha value is -2.06. The van der Waals surface area contributed by atoms with E-state index in [1.807, 2.05) is 4.90 Å². The van der Waals surface area contributed by atoms with Crippen LogP contribution in [-0.2, 0) is 15.1 Å². The molecular formula is C22H21Cl2FN4O2. The lowest BCUT2D eigenvalue weighted by Crippen LogP contribution is -2.52. The van der Waals surface area contributed by atoms with Crippen LogP contribution in [0.25, 0.3) is 0 Å². The van der Waals surface area contributed by atoms with Crippen LogP contribution in [0.15, 0.2) is 30.3 Å². The Kier molecular flexibility index (Phi) is 5.05. The lowest BCUT2D eigenvalue weighted by molar-refractivity contribution is -0.128. The average molecular weight is 463 g/mol. The number of aldehydes is 1. The van der Waals surface area contributed by atoms with Gasteiger partial charge in [-0.1, -0.05) is 35.3 Å². The highest BCUT2D eigenvalue weighted by Gasteiger charge is 2.67. The molecule has 4 atom stereocenters. The van der Waals surface area contributed by atoms with Crippen molar-refractivity contribution in [2.24, 2.45) is 11.7 Å². The van der Waals surface area contributed by atoms with Crippen molar-refractivity contribution in [1.82, 2.24) is 9.88 Å². The van der Waals surface area contributed by atoms with E-state index in [4.69, 9.17) is 28.9 Å². The number of hydrogen-bond acceptors (Lipinski definition) is 5. The van der Waals surface area contributed by atoms with Crippen LogP contribution in [-0.4, -0.2) is 40.7 Å². The SMILES string of the molecule is N[C@@H]1[C@H](CC=O)N(CC2CC2)[C@@]2(C(=O)Nc3nc(Cl)ccc32)[C@H]1c1cccc(Cl)c1F. The van der Waals surface area contributed by atoms with Gasteiger partial charge in [0.1, 0.15) is 28.6 Å². The first-order chi connectivity index (χ1) is 14.9. The fraction of sp³-hybridized carbons (Fsp3) is 0.409. The molecule has 1 aliphatic carbocycles. The maximum atomic E-state index is 15.3. The number of pyridine rings is 1. The Balaban J connectivity index is 1.79. The van der Waals surface area contributed by atoms with E-state index in [1.54, 1.807) is 24.3 Å². The molecule has 162 valence electrons. The van der Waals surface area contributed by atoms with Crippen molar-refractivity contribution in [1.29, 1.82) is 0 Å². The number of nitrogens with two attached hydrogens (primary N) is 1. The molecule has 1 spiro atoms. The van der Waals surface area contributed by atoms with E-state index in [0.717, 1.165) is 19.1 Å². The molecule has 2 aromatic rings. The number of anilines is 1. The summed E-state index contributed by atoms with van der Waals surface area (Å²) in [7, 11) is 0. The summed E-state index contributed by atoms with van der Waals surface area (Å²) in [6.45, 7) is 0.584. The zero-order chi connectivity index (χ0) is 21.9. The van der Waals surface area contributed by atoms with E-state index in [0.29, 0.717) is 23.8 Å². The Morgan fingerprint density at radius 3 is 2.77 bits per heavy atom. The number of amides is 1. The van der Waals surface area contributed by atoms with Crippen LogP contribution < -0.4 is 11.1 Å². The van der Waals surface area contributed by atoms with Crippen molar-refractivity contribution in [3.05, 3.63) is 57.5 Å². The first kappa shape index (κ1) is 20.8. The first-order valence-electron chi connectivity index (χ1n) is 10.3. The highest BCUT2D eigenvalue weighted by atomic mass is 35.5. The predicted molar refractivity (Wildman–Crippen MR) is 116 cm³/mol. The molecule has 31 heavy (non-hydrogen) atoms. The predicted octanol–water partition coefficient (Wildman–Crippen LogP) is 3.47. The molecule has 5 rings (SSSR count). The van der Waals surface area contributed by atoms with Crippen LogP contribution in [0.1, 0.15) is 36.3 Å². The second-order valence-corrected chi connectivity index (χ2v) is 9.31. The summed E-state index contributed by atoms with van der Waals surface area (Å²) in [5, 5.41) is 3.03. The van der Waals surface area contributed by atoms with Gasteiger partial charge >= 0.3 is 0 Å². The van der Waals surface area contributed by atoms with E-state index in [-0.39, 0.29) is 28.1 Å². The number of likely N-dealkylation sites (tertiary alicyclic amines) is 1. The molecule has 2 fully saturated rings. The Morgan fingerprint density at radius 1 is 1.29 bits per heavy atom. The van der Waals surface area contributed by atoms with Crippen molar-refractivity contribution < 1.29 is 14.0 Å². The van der Waals surface area contributed by atoms with Crippen LogP contribution in [0.2, 0.25) is 10.2 Å². The number of fused-ring (bicyclic) bond motifs is 2. The molecular weight excluding hydrogens is 442 g/mol. The molecule has 6 nitrogen and oxygen atoms in total. The first-order valence-corrected chi connectivity index (χ1v) is 11.0. The van der Waals surface area contributed by atoms with Gasteiger partial charge in [0.05, 0.1) is 5.02 Å². The van der Waals surface area contributed by atoms with E-state index in [2.05, 4.69) is 10.3 Å². The van der Waals surface area contributed by atoms with Gasteiger partial charge in [0.2, 0.25) is 0 Å². The Labute approximate surface area is 188 Å². The van der Waals surface area contributed by atoms with Gasteiger partial charge in [-0.05, 0) is 42.5 Å². The molecule has 2 aliphatic heterocycles. The lowest BCUT2D eigenvalue weighted by Gasteiger charge is -2.39. The fourth-order valence-corrected chi connectivity index (χ4v) is 5.67. The van der Waals surface area contributed by atoms with Gasteiger partial charge in [0.25, 0.3) is 5.91 Å². The summed E-state index contributed by atoms with van der Waals surface area (Å²) >= 11 is 12.2. The van der Waals surface area contributed by atoms with Gasteiger partial charge in [-0.15, -0.1) is 0 Å². The zero-order valence-electron chi connectivity index (χ0n) is 16.5. The average Bonchev–Trinajstić information content (AvgIpc) is 3.46. The zero-order valence-corrected chi connectivity index (χ0v) is 18.0. The van der Waals surface area contributed by atoms with Crippen LogP contribution in [0.3, 0.4) is 0 Å². The van der Waals surface area contributed by atoms with Gasteiger partial charge < -0.3 is 15.8 Å². The maximum Gasteiger partial charge on any atom is 0.251 e. The molecule has 9 heteroatoms. The summed E-state index contributed by atoms with van der Waals surface area (Å²) < 4.78 is 15.3. The second-order valence-electron chi connectivity index (χ2n) is 8.51. The minimum atomic E-state index is -1.31. The molecule has 1 aromatic carbocycles. The largest absolute Gasteiger partial charge is 0.326 e. The molecule has 3 N–H and O–H groups in total. The number of hydrogen-bond donors (Lipinski definition) is 2. The Bertz CT molecular complexity index is 1080. The highest BCUT2D eigenvalue weighted by molar-refractivity contribution is 6.30. The van der Waals surface area contributed by atoms with Crippen molar-refractivity contribution in [3.63, 3.8) is 0 Å².